The molecule has 0 radical (unpaired) electrons. The maximum atomic E-state index is 12.1. The van der Waals surface area contributed by atoms with Gasteiger partial charge in [0.05, 0.1) is 11.1 Å². The van der Waals surface area contributed by atoms with Crippen molar-refractivity contribution in [2.45, 2.75) is 52.4 Å². The van der Waals surface area contributed by atoms with Crippen LogP contribution >= 0.6 is 0 Å². The Morgan fingerprint density at radius 1 is 1.04 bits per heavy atom. The Kier molecular flexibility index (Phi) is 5.64. The van der Waals surface area contributed by atoms with Gasteiger partial charge >= 0.3 is 11.9 Å². The number of hydrogen-bond acceptors (Lipinski definition) is 2. The second kappa shape index (κ2) is 7.95. The fourth-order valence-corrected chi connectivity index (χ4v) is 4.23. The molecule has 0 amide bonds. The van der Waals surface area contributed by atoms with E-state index in [0.717, 1.165) is 42.4 Å². The normalized spacial score (nSPS) is 13.1. The molecule has 0 saturated heterocycles. The van der Waals surface area contributed by atoms with Crippen LogP contribution in [-0.2, 0) is 12.8 Å². The molecule has 0 aliphatic heterocycles. The van der Waals surface area contributed by atoms with Crippen molar-refractivity contribution in [2.24, 2.45) is 5.92 Å². The van der Waals surface area contributed by atoms with Gasteiger partial charge < -0.3 is 10.2 Å². The highest BCUT2D eigenvalue weighted by molar-refractivity contribution is 6.06. The van der Waals surface area contributed by atoms with E-state index in [1.165, 1.54) is 0 Å². The van der Waals surface area contributed by atoms with Crippen molar-refractivity contribution in [1.29, 1.82) is 0 Å². The Hall–Kier alpha value is -2.62. The van der Waals surface area contributed by atoms with Gasteiger partial charge in [0.1, 0.15) is 0 Å². The van der Waals surface area contributed by atoms with Crippen molar-refractivity contribution < 1.29 is 19.8 Å². The lowest BCUT2D eigenvalue weighted by Gasteiger charge is -2.19. The molecule has 0 bridgehead atoms. The number of unbranched alkanes of at least 4 members (excludes halogenated alkanes) is 1. The molecule has 0 heterocycles. The summed E-state index contributed by atoms with van der Waals surface area (Å²) in [4.78, 5) is 24.1. The van der Waals surface area contributed by atoms with Crippen LogP contribution in [0, 0.1) is 5.92 Å². The van der Waals surface area contributed by atoms with Crippen LogP contribution in [0.3, 0.4) is 0 Å². The molecule has 2 aromatic rings. The Morgan fingerprint density at radius 2 is 1.74 bits per heavy atom. The first-order valence-corrected chi connectivity index (χ1v) is 9.71. The number of hydrogen-bond donors (Lipinski definition) is 2. The Bertz CT molecular complexity index is 882. The molecule has 3 rings (SSSR count). The number of carbonyl (C=O) groups is 2. The van der Waals surface area contributed by atoms with Gasteiger partial charge in [0.2, 0.25) is 0 Å². The molecule has 1 aliphatic carbocycles. The highest BCUT2D eigenvalue weighted by Gasteiger charge is 2.31. The first kappa shape index (κ1) is 19.2. The molecule has 4 nitrogen and oxygen atoms in total. The van der Waals surface area contributed by atoms with Gasteiger partial charge in [-0.3, -0.25) is 0 Å². The number of carboxylic acids is 2. The van der Waals surface area contributed by atoms with E-state index in [2.05, 4.69) is 13.8 Å². The molecule has 0 saturated carbocycles. The third-order valence-electron chi connectivity index (χ3n) is 5.67. The van der Waals surface area contributed by atoms with Crippen LogP contribution in [0.2, 0.25) is 0 Å². The van der Waals surface area contributed by atoms with Crippen molar-refractivity contribution in [3.63, 3.8) is 0 Å². The summed E-state index contributed by atoms with van der Waals surface area (Å²) in [5.74, 6) is -1.94. The zero-order valence-corrected chi connectivity index (χ0v) is 15.9. The van der Waals surface area contributed by atoms with Crippen molar-refractivity contribution in [3.05, 3.63) is 58.1 Å². The first-order valence-electron chi connectivity index (χ1n) is 9.71. The van der Waals surface area contributed by atoms with E-state index in [9.17, 15) is 19.8 Å². The van der Waals surface area contributed by atoms with E-state index in [1.807, 2.05) is 30.3 Å². The summed E-state index contributed by atoms with van der Waals surface area (Å²) >= 11 is 0. The minimum Gasteiger partial charge on any atom is -0.478 e. The third-order valence-corrected chi connectivity index (χ3v) is 5.67. The number of rotatable bonds is 8. The Balaban J connectivity index is 2.17. The lowest BCUT2D eigenvalue weighted by molar-refractivity contribution is 0.0649. The fraction of sp³-hybridized carbons (Fsp3) is 0.391. The molecule has 27 heavy (non-hydrogen) atoms. The zero-order valence-electron chi connectivity index (χ0n) is 15.9. The molecule has 2 aromatic carbocycles. The van der Waals surface area contributed by atoms with Gasteiger partial charge in [-0.2, -0.15) is 0 Å². The van der Waals surface area contributed by atoms with Crippen LogP contribution in [0.5, 0.6) is 0 Å². The lowest BCUT2D eigenvalue weighted by atomic mass is 9.85. The van der Waals surface area contributed by atoms with Crippen LogP contribution in [0.25, 0.3) is 11.1 Å². The first-order chi connectivity index (χ1) is 13.0. The second-order valence-electron chi connectivity index (χ2n) is 7.38. The van der Waals surface area contributed by atoms with Gasteiger partial charge in [-0.15, -0.1) is 0 Å². The van der Waals surface area contributed by atoms with E-state index < -0.39 is 11.9 Å². The van der Waals surface area contributed by atoms with Crippen LogP contribution in [0.1, 0.15) is 76.9 Å². The highest BCUT2D eigenvalue weighted by Crippen LogP contribution is 2.41. The summed E-state index contributed by atoms with van der Waals surface area (Å²) in [6, 6.07) is 9.78. The molecule has 4 heteroatoms. The predicted molar refractivity (Wildman–Crippen MR) is 106 cm³/mol. The average molecular weight is 366 g/mol. The molecular formula is C23H26O4. The lowest BCUT2D eigenvalue weighted by Crippen LogP contribution is -2.17. The highest BCUT2D eigenvalue weighted by atomic mass is 16.4. The third kappa shape index (κ3) is 3.61. The summed E-state index contributed by atoms with van der Waals surface area (Å²) in [6.45, 7) is 4.26. The van der Waals surface area contributed by atoms with Crippen molar-refractivity contribution >= 4 is 11.9 Å². The smallest absolute Gasteiger partial charge is 0.336 e. The number of carboxylic acid groups (broad SMARTS) is 2. The van der Waals surface area contributed by atoms with Gasteiger partial charge in [0, 0.05) is 0 Å². The predicted octanol–water partition coefficient (Wildman–Crippen LogP) is 5.41. The van der Waals surface area contributed by atoms with Crippen molar-refractivity contribution in [3.8, 4) is 11.1 Å². The minimum absolute atomic E-state index is 0.0241. The van der Waals surface area contributed by atoms with E-state index in [4.69, 9.17) is 0 Å². The van der Waals surface area contributed by atoms with Crippen molar-refractivity contribution in [2.75, 3.05) is 0 Å². The quantitative estimate of drug-likeness (QED) is 0.559. The Labute approximate surface area is 159 Å². The number of benzene rings is 2. The summed E-state index contributed by atoms with van der Waals surface area (Å²) < 4.78 is 0. The van der Waals surface area contributed by atoms with Crippen LogP contribution in [0.15, 0.2) is 30.3 Å². The van der Waals surface area contributed by atoms with Gasteiger partial charge in [0.25, 0.3) is 0 Å². The van der Waals surface area contributed by atoms with Crippen molar-refractivity contribution in [1.82, 2.24) is 0 Å². The standard InChI is InChI=1S/C23H26O4/c1-3-5-8-14(4-2)11-16-13-18-17-10-7-6-9-15(17)12-19(18)21(23(26)27)20(16)22(24)25/h6-7,9-10,13-14H,3-5,8,11-12H2,1-2H3,(H,24,25)(H,26,27). The average Bonchev–Trinajstić information content (AvgIpc) is 3.01. The van der Waals surface area contributed by atoms with Crippen LogP contribution in [-0.4, -0.2) is 22.2 Å². The zero-order chi connectivity index (χ0) is 19.6. The largest absolute Gasteiger partial charge is 0.478 e. The van der Waals surface area contributed by atoms with E-state index in [-0.39, 0.29) is 11.1 Å². The summed E-state index contributed by atoms with van der Waals surface area (Å²) in [7, 11) is 0. The molecule has 1 atom stereocenters. The maximum absolute atomic E-state index is 12.1. The molecular weight excluding hydrogens is 340 g/mol. The van der Waals surface area contributed by atoms with E-state index in [1.54, 1.807) is 0 Å². The summed E-state index contributed by atoms with van der Waals surface area (Å²) in [5.41, 5.74) is 4.19. The molecule has 0 fully saturated rings. The van der Waals surface area contributed by atoms with E-state index >= 15 is 0 Å². The monoisotopic (exact) mass is 366 g/mol. The van der Waals surface area contributed by atoms with Gasteiger partial charge in [-0.25, -0.2) is 9.59 Å². The number of aromatic carboxylic acids is 2. The minimum atomic E-state index is -1.15. The summed E-state index contributed by atoms with van der Waals surface area (Å²) in [5, 5.41) is 19.7. The van der Waals surface area contributed by atoms with Gasteiger partial charge in [-0.05, 0) is 52.6 Å². The number of fused-ring (bicyclic) bond motifs is 3. The molecule has 0 spiro atoms. The van der Waals surface area contributed by atoms with Gasteiger partial charge in [-0.1, -0.05) is 63.8 Å². The van der Waals surface area contributed by atoms with Crippen LogP contribution in [0.4, 0.5) is 0 Å². The van der Waals surface area contributed by atoms with Gasteiger partial charge in [0.15, 0.2) is 0 Å². The molecule has 0 aromatic heterocycles. The fourth-order valence-electron chi connectivity index (χ4n) is 4.23. The topological polar surface area (TPSA) is 74.6 Å². The SMILES string of the molecule is CCCCC(CC)Cc1cc2c(c(C(=O)O)c1C(=O)O)Cc1ccccc1-2. The molecule has 2 N–H and O–H groups in total. The molecule has 142 valence electrons. The Morgan fingerprint density at radius 3 is 2.37 bits per heavy atom. The summed E-state index contributed by atoms with van der Waals surface area (Å²) in [6.07, 6.45) is 5.26. The maximum Gasteiger partial charge on any atom is 0.336 e. The second-order valence-corrected chi connectivity index (χ2v) is 7.38. The van der Waals surface area contributed by atoms with Crippen LogP contribution < -0.4 is 0 Å². The molecule has 1 aliphatic rings. The molecule has 1 unspecified atom stereocenters. The van der Waals surface area contributed by atoms with E-state index in [0.29, 0.717) is 29.9 Å².